The molecule has 5 nitrogen and oxygen atoms in total. The number of alkyl halides is 3. The SMILES string of the molecule is O=C(c1csc(-c2ccnc3c2CCN3)n1)N(CCC(F)(F)F)CC1CC1. The molecule has 2 aromatic heterocycles. The molecular formula is C18H19F3N4OS. The summed E-state index contributed by atoms with van der Waals surface area (Å²) in [6.07, 6.45) is -0.812. The van der Waals surface area contributed by atoms with Gasteiger partial charge in [-0.25, -0.2) is 9.97 Å². The number of anilines is 1. The number of hydrogen-bond acceptors (Lipinski definition) is 5. The summed E-state index contributed by atoms with van der Waals surface area (Å²) in [6, 6.07) is 1.87. The maximum absolute atomic E-state index is 12.8. The lowest BCUT2D eigenvalue weighted by molar-refractivity contribution is -0.136. The monoisotopic (exact) mass is 396 g/mol. The van der Waals surface area contributed by atoms with Crippen molar-refractivity contribution >= 4 is 23.1 Å². The second kappa shape index (κ2) is 7.10. The van der Waals surface area contributed by atoms with Crippen LogP contribution < -0.4 is 5.32 Å². The van der Waals surface area contributed by atoms with Crippen LogP contribution in [0.5, 0.6) is 0 Å². The van der Waals surface area contributed by atoms with E-state index in [1.807, 2.05) is 6.07 Å². The number of hydrogen-bond donors (Lipinski definition) is 1. The number of carbonyl (C=O) groups is 1. The minimum atomic E-state index is -4.28. The van der Waals surface area contributed by atoms with Crippen LogP contribution in [0.25, 0.3) is 10.6 Å². The Kier molecular flexibility index (Phi) is 4.79. The first kappa shape index (κ1) is 18.2. The molecule has 27 heavy (non-hydrogen) atoms. The molecule has 0 bridgehead atoms. The number of rotatable bonds is 6. The molecule has 4 rings (SSSR count). The van der Waals surface area contributed by atoms with Crippen molar-refractivity contribution in [2.45, 2.75) is 31.9 Å². The summed E-state index contributed by atoms with van der Waals surface area (Å²) in [4.78, 5) is 22.8. The van der Waals surface area contributed by atoms with Gasteiger partial charge in [0, 0.05) is 42.3 Å². The summed E-state index contributed by atoms with van der Waals surface area (Å²) in [5.74, 6) is 0.725. The number of amides is 1. The zero-order chi connectivity index (χ0) is 19.0. The summed E-state index contributed by atoms with van der Waals surface area (Å²) >= 11 is 1.34. The fraction of sp³-hybridized carbons (Fsp3) is 0.500. The van der Waals surface area contributed by atoms with Gasteiger partial charge in [0.05, 0.1) is 6.42 Å². The number of aromatic nitrogens is 2. The topological polar surface area (TPSA) is 58.1 Å². The predicted molar refractivity (Wildman–Crippen MR) is 96.8 cm³/mol. The minimum absolute atomic E-state index is 0.217. The lowest BCUT2D eigenvalue weighted by Gasteiger charge is -2.22. The molecule has 1 aliphatic heterocycles. The zero-order valence-corrected chi connectivity index (χ0v) is 15.4. The van der Waals surface area contributed by atoms with Crippen molar-refractivity contribution in [1.82, 2.24) is 14.9 Å². The summed E-state index contributed by atoms with van der Waals surface area (Å²) in [5.41, 5.74) is 2.21. The predicted octanol–water partition coefficient (Wildman–Crippen LogP) is 3.98. The largest absolute Gasteiger partial charge is 0.390 e. The van der Waals surface area contributed by atoms with E-state index in [-0.39, 0.29) is 12.2 Å². The molecule has 1 aliphatic carbocycles. The molecule has 0 unspecified atom stereocenters. The zero-order valence-electron chi connectivity index (χ0n) is 14.6. The highest BCUT2D eigenvalue weighted by Crippen LogP contribution is 2.34. The van der Waals surface area contributed by atoms with Gasteiger partial charge in [-0.15, -0.1) is 11.3 Å². The molecule has 0 atom stereocenters. The average molecular weight is 396 g/mol. The Bertz CT molecular complexity index is 847. The van der Waals surface area contributed by atoms with Crippen LogP contribution in [0.2, 0.25) is 0 Å². The number of pyridine rings is 1. The quantitative estimate of drug-likeness (QED) is 0.803. The van der Waals surface area contributed by atoms with Gasteiger partial charge in [0.15, 0.2) is 0 Å². The normalized spacial score (nSPS) is 16.1. The number of carbonyl (C=O) groups excluding carboxylic acids is 1. The van der Waals surface area contributed by atoms with Crippen LogP contribution in [0.15, 0.2) is 17.6 Å². The van der Waals surface area contributed by atoms with E-state index in [9.17, 15) is 18.0 Å². The van der Waals surface area contributed by atoms with Crippen molar-refractivity contribution < 1.29 is 18.0 Å². The third-order valence-electron chi connectivity index (χ3n) is 4.80. The molecule has 9 heteroatoms. The molecule has 3 heterocycles. The van der Waals surface area contributed by atoms with Crippen molar-refractivity contribution in [3.63, 3.8) is 0 Å². The number of thiazole rings is 1. The summed E-state index contributed by atoms with van der Waals surface area (Å²) in [5, 5.41) is 5.54. The fourth-order valence-electron chi connectivity index (χ4n) is 3.21. The second-order valence-electron chi connectivity index (χ2n) is 6.96. The Morgan fingerprint density at radius 2 is 2.19 bits per heavy atom. The van der Waals surface area contributed by atoms with Crippen LogP contribution in [0.4, 0.5) is 19.0 Å². The number of halogens is 3. The standard InChI is InChI=1S/C18H19F3N4OS/c19-18(20,21)5-8-25(9-11-1-2-11)17(26)14-10-27-16(24-14)13-4-7-23-15-12(13)3-6-22-15/h4,7,10-11H,1-3,5-6,8-9H2,(H,22,23). The first-order valence-corrected chi connectivity index (χ1v) is 9.82. The Balaban J connectivity index is 1.54. The van der Waals surface area contributed by atoms with Gasteiger partial charge in [-0.1, -0.05) is 0 Å². The van der Waals surface area contributed by atoms with E-state index in [2.05, 4.69) is 15.3 Å². The first-order chi connectivity index (χ1) is 12.9. The van der Waals surface area contributed by atoms with Gasteiger partial charge >= 0.3 is 6.18 Å². The molecule has 144 valence electrons. The molecule has 1 fully saturated rings. The third-order valence-corrected chi connectivity index (χ3v) is 5.68. The van der Waals surface area contributed by atoms with Crippen LogP contribution >= 0.6 is 11.3 Å². The molecule has 2 aromatic rings. The lowest BCUT2D eigenvalue weighted by Crippen LogP contribution is -2.36. The second-order valence-corrected chi connectivity index (χ2v) is 7.82. The maximum Gasteiger partial charge on any atom is 0.390 e. The van der Waals surface area contributed by atoms with E-state index in [1.54, 1.807) is 11.6 Å². The Morgan fingerprint density at radius 3 is 2.93 bits per heavy atom. The third kappa shape index (κ3) is 4.23. The summed E-state index contributed by atoms with van der Waals surface area (Å²) < 4.78 is 37.9. The molecule has 1 saturated carbocycles. The molecule has 0 aromatic carbocycles. The van der Waals surface area contributed by atoms with Gasteiger partial charge in [0.1, 0.15) is 16.5 Å². The van der Waals surface area contributed by atoms with Crippen LogP contribution in [0, 0.1) is 5.92 Å². The van der Waals surface area contributed by atoms with Crippen LogP contribution in [-0.2, 0) is 6.42 Å². The van der Waals surface area contributed by atoms with Gasteiger partial charge in [-0.05, 0) is 31.2 Å². The number of fused-ring (bicyclic) bond motifs is 1. The Morgan fingerprint density at radius 1 is 1.37 bits per heavy atom. The summed E-state index contributed by atoms with van der Waals surface area (Å²) in [7, 11) is 0. The van der Waals surface area contributed by atoms with E-state index in [0.717, 1.165) is 42.8 Å². The molecular weight excluding hydrogens is 377 g/mol. The van der Waals surface area contributed by atoms with Gasteiger partial charge < -0.3 is 10.2 Å². The minimum Gasteiger partial charge on any atom is -0.369 e. The van der Waals surface area contributed by atoms with Gasteiger partial charge in [-0.3, -0.25) is 4.79 Å². The first-order valence-electron chi connectivity index (χ1n) is 8.94. The molecule has 0 radical (unpaired) electrons. The van der Waals surface area contributed by atoms with E-state index >= 15 is 0 Å². The van der Waals surface area contributed by atoms with Gasteiger partial charge in [0.2, 0.25) is 0 Å². The Hall–Kier alpha value is -2.16. The smallest absolute Gasteiger partial charge is 0.369 e. The van der Waals surface area contributed by atoms with Crippen molar-refractivity contribution in [3.05, 3.63) is 28.9 Å². The summed E-state index contributed by atoms with van der Waals surface area (Å²) in [6.45, 7) is 0.861. The van der Waals surface area contributed by atoms with E-state index in [4.69, 9.17) is 0 Å². The highest BCUT2D eigenvalue weighted by molar-refractivity contribution is 7.13. The van der Waals surface area contributed by atoms with Crippen molar-refractivity contribution in [1.29, 1.82) is 0 Å². The van der Waals surface area contributed by atoms with Crippen LogP contribution in [0.1, 0.15) is 35.3 Å². The highest BCUT2D eigenvalue weighted by atomic mass is 32.1. The van der Waals surface area contributed by atoms with Gasteiger partial charge in [0.25, 0.3) is 5.91 Å². The molecule has 0 saturated heterocycles. The molecule has 0 spiro atoms. The Labute approximate surface area is 158 Å². The maximum atomic E-state index is 12.8. The lowest BCUT2D eigenvalue weighted by atomic mass is 10.1. The number of nitrogens with one attached hydrogen (secondary N) is 1. The van der Waals surface area contributed by atoms with E-state index < -0.39 is 18.5 Å². The average Bonchev–Trinajstić information content (AvgIpc) is 3.11. The molecule has 2 aliphatic rings. The fourth-order valence-corrected chi connectivity index (χ4v) is 4.06. The molecule has 1 amide bonds. The molecule has 1 N–H and O–H groups in total. The highest BCUT2D eigenvalue weighted by Gasteiger charge is 2.33. The van der Waals surface area contributed by atoms with Crippen LogP contribution in [-0.4, -0.2) is 46.6 Å². The van der Waals surface area contributed by atoms with Crippen LogP contribution in [0.3, 0.4) is 0 Å². The van der Waals surface area contributed by atoms with Crippen molar-refractivity contribution in [3.8, 4) is 10.6 Å². The van der Waals surface area contributed by atoms with E-state index in [0.29, 0.717) is 17.5 Å². The van der Waals surface area contributed by atoms with Gasteiger partial charge in [-0.2, -0.15) is 13.2 Å². The van der Waals surface area contributed by atoms with E-state index in [1.165, 1.54) is 16.2 Å². The number of nitrogens with zero attached hydrogens (tertiary/aromatic N) is 3. The van der Waals surface area contributed by atoms with Crippen molar-refractivity contribution in [2.24, 2.45) is 5.92 Å². The van der Waals surface area contributed by atoms with Crippen molar-refractivity contribution in [2.75, 3.05) is 25.0 Å².